The Morgan fingerprint density at radius 3 is 2.65 bits per heavy atom. The minimum absolute atomic E-state index is 0.310. The summed E-state index contributed by atoms with van der Waals surface area (Å²) in [5.41, 5.74) is 7.64. The number of hydrogen-bond acceptors (Lipinski definition) is 3. The van der Waals surface area contributed by atoms with Gasteiger partial charge in [0, 0.05) is 11.5 Å². The van der Waals surface area contributed by atoms with Crippen molar-refractivity contribution >= 4 is 31.9 Å². The number of halogens is 3. The fraction of sp³-hybridized carbons (Fsp3) is 0.200. The van der Waals surface area contributed by atoms with E-state index in [0.717, 1.165) is 11.3 Å². The summed E-state index contributed by atoms with van der Waals surface area (Å²) < 4.78 is 15.8. The molecule has 0 aliphatic carbocycles. The van der Waals surface area contributed by atoms with E-state index in [1.165, 1.54) is 12.1 Å². The summed E-state index contributed by atoms with van der Waals surface area (Å²) in [5, 5.41) is 7.73. The van der Waals surface area contributed by atoms with Gasteiger partial charge in [-0.2, -0.15) is 0 Å². The zero-order valence-electron chi connectivity index (χ0n) is 8.86. The van der Waals surface area contributed by atoms with Gasteiger partial charge in [-0.05, 0) is 33.6 Å². The van der Waals surface area contributed by atoms with E-state index in [1.54, 1.807) is 17.8 Å². The van der Waals surface area contributed by atoms with Crippen LogP contribution in [0, 0.1) is 5.82 Å². The number of nitrogens with two attached hydrogens (primary N) is 1. The van der Waals surface area contributed by atoms with Crippen LogP contribution < -0.4 is 5.73 Å². The fourth-order valence-corrected chi connectivity index (χ4v) is 2.74. The van der Waals surface area contributed by atoms with E-state index in [4.69, 9.17) is 5.73 Å². The highest BCUT2D eigenvalue weighted by atomic mass is 79.9. The molecule has 1 aromatic carbocycles. The number of aromatic nitrogens is 3. The van der Waals surface area contributed by atoms with Crippen LogP contribution in [0.1, 0.15) is 17.3 Å². The monoisotopic (exact) mass is 362 g/mol. The van der Waals surface area contributed by atoms with Crippen LogP contribution in [0.5, 0.6) is 0 Å². The van der Waals surface area contributed by atoms with E-state index in [2.05, 4.69) is 42.2 Å². The molecule has 1 aromatic heterocycles. The molecule has 0 bridgehead atoms. The molecule has 0 spiro atoms. The van der Waals surface area contributed by atoms with Crippen molar-refractivity contribution in [3.63, 3.8) is 0 Å². The largest absolute Gasteiger partial charge is 0.319 e. The highest BCUT2D eigenvalue weighted by Crippen LogP contribution is 2.29. The molecule has 0 saturated carbocycles. The van der Waals surface area contributed by atoms with Crippen LogP contribution >= 0.6 is 31.9 Å². The lowest BCUT2D eigenvalue weighted by atomic mass is 10.1. The van der Waals surface area contributed by atoms with Gasteiger partial charge < -0.3 is 5.73 Å². The maximum Gasteiger partial charge on any atom is 0.153 e. The first kappa shape index (κ1) is 12.7. The first-order chi connectivity index (χ1) is 8.00. The van der Waals surface area contributed by atoms with Gasteiger partial charge in [-0.25, -0.2) is 9.07 Å². The molecular formula is C10H9Br2FN4. The van der Waals surface area contributed by atoms with Gasteiger partial charge in [0.2, 0.25) is 0 Å². The number of rotatable bonds is 2. The molecule has 1 atom stereocenters. The molecule has 7 heteroatoms. The highest BCUT2D eigenvalue weighted by Gasteiger charge is 2.20. The summed E-state index contributed by atoms with van der Waals surface area (Å²) in [7, 11) is 1.75. The fourth-order valence-electron chi connectivity index (χ4n) is 1.57. The summed E-state index contributed by atoms with van der Waals surface area (Å²) in [6.07, 6.45) is 0. The zero-order valence-corrected chi connectivity index (χ0v) is 12.0. The Kier molecular flexibility index (Phi) is 3.60. The summed E-state index contributed by atoms with van der Waals surface area (Å²) in [6, 6.07) is 3.97. The number of hydrogen-bond donors (Lipinski definition) is 1. The second kappa shape index (κ2) is 4.83. The van der Waals surface area contributed by atoms with Crippen molar-refractivity contribution in [3.8, 4) is 0 Å². The van der Waals surface area contributed by atoms with Gasteiger partial charge in [0.1, 0.15) is 5.82 Å². The second-order valence-electron chi connectivity index (χ2n) is 3.53. The van der Waals surface area contributed by atoms with E-state index in [-0.39, 0.29) is 5.82 Å². The topological polar surface area (TPSA) is 56.7 Å². The molecule has 2 N–H and O–H groups in total. The normalized spacial score (nSPS) is 12.8. The average molecular weight is 364 g/mol. The van der Waals surface area contributed by atoms with Crippen LogP contribution in [0.15, 0.2) is 27.3 Å². The molecule has 0 aliphatic heterocycles. The molecule has 0 amide bonds. The Balaban J connectivity index is 2.47. The predicted octanol–water partition coefficient (Wildman–Crippen LogP) is 2.53. The van der Waals surface area contributed by atoms with Crippen molar-refractivity contribution in [2.75, 3.05) is 0 Å². The Bertz CT molecular complexity index is 536. The smallest absolute Gasteiger partial charge is 0.153 e. The van der Waals surface area contributed by atoms with Crippen molar-refractivity contribution < 1.29 is 4.39 Å². The molecule has 17 heavy (non-hydrogen) atoms. The molecule has 1 unspecified atom stereocenters. The summed E-state index contributed by atoms with van der Waals surface area (Å²) in [6.45, 7) is 0. The Morgan fingerprint density at radius 2 is 2.12 bits per heavy atom. The van der Waals surface area contributed by atoms with Crippen LogP contribution in [0.3, 0.4) is 0 Å². The molecule has 2 rings (SSSR count). The van der Waals surface area contributed by atoms with Crippen molar-refractivity contribution in [1.82, 2.24) is 15.0 Å². The van der Waals surface area contributed by atoms with Crippen molar-refractivity contribution in [2.45, 2.75) is 6.04 Å². The van der Waals surface area contributed by atoms with E-state index < -0.39 is 6.04 Å². The zero-order chi connectivity index (χ0) is 12.6. The molecule has 0 saturated heterocycles. The third-order valence-corrected chi connectivity index (χ3v) is 3.67. The maximum absolute atomic E-state index is 13.0. The van der Waals surface area contributed by atoms with Crippen molar-refractivity contribution in [3.05, 3.63) is 44.3 Å². The van der Waals surface area contributed by atoms with Gasteiger partial charge in [-0.3, -0.25) is 0 Å². The molecule has 2 aromatic rings. The Labute approximate surface area is 114 Å². The average Bonchev–Trinajstić information content (AvgIpc) is 2.58. The van der Waals surface area contributed by atoms with Crippen LogP contribution in [0.4, 0.5) is 4.39 Å². The first-order valence-corrected chi connectivity index (χ1v) is 6.35. The van der Waals surface area contributed by atoms with E-state index >= 15 is 0 Å². The third kappa shape index (κ3) is 2.41. The van der Waals surface area contributed by atoms with E-state index in [0.29, 0.717) is 9.08 Å². The van der Waals surface area contributed by atoms with Gasteiger partial charge >= 0.3 is 0 Å². The molecular weight excluding hydrogens is 355 g/mol. The molecule has 4 nitrogen and oxygen atoms in total. The van der Waals surface area contributed by atoms with Gasteiger partial charge in [0.05, 0.1) is 11.7 Å². The Hall–Kier alpha value is -0.790. The summed E-state index contributed by atoms with van der Waals surface area (Å²) in [4.78, 5) is 0. The molecule has 0 aliphatic rings. The highest BCUT2D eigenvalue weighted by molar-refractivity contribution is 9.10. The number of aryl methyl sites for hydroxylation is 1. The van der Waals surface area contributed by atoms with Gasteiger partial charge in [0.15, 0.2) is 4.60 Å². The first-order valence-electron chi connectivity index (χ1n) is 4.76. The predicted molar refractivity (Wildman–Crippen MR) is 68.8 cm³/mol. The number of nitrogens with zero attached hydrogens (tertiary/aromatic N) is 3. The van der Waals surface area contributed by atoms with Gasteiger partial charge in [-0.15, -0.1) is 5.10 Å². The van der Waals surface area contributed by atoms with Gasteiger partial charge in [0.25, 0.3) is 0 Å². The van der Waals surface area contributed by atoms with Crippen LogP contribution in [0.2, 0.25) is 0 Å². The summed E-state index contributed by atoms with van der Waals surface area (Å²) in [5.74, 6) is -0.310. The van der Waals surface area contributed by atoms with Crippen molar-refractivity contribution in [2.24, 2.45) is 12.8 Å². The SMILES string of the molecule is Cn1nnc(Br)c1C(N)c1ccc(F)cc1Br. The van der Waals surface area contributed by atoms with Gasteiger partial charge in [-0.1, -0.05) is 27.2 Å². The lowest BCUT2D eigenvalue weighted by molar-refractivity contribution is 0.622. The number of benzene rings is 1. The van der Waals surface area contributed by atoms with E-state index in [9.17, 15) is 4.39 Å². The third-order valence-electron chi connectivity index (χ3n) is 2.42. The van der Waals surface area contributed by atoms with Crippen molar-refractivity contribution in [1.29, 1.82) is 0 Å². The Morgan fingerprint density at radius 1 is 1.41 bits per heavy atom. The standard InChI is InChI=1S/C10H9Br2FN4/c1-17-9(10(12)15-16-17)8(14)6-3-2-5(13)4-7(6)11/h2-4,8H,14H2,1H3. The maximum atomic E-state index is 13.0. The van der Waals surface area contributed by atoms with Crippen LogP contribution in [-0.2, 0) is 7.05 Å². The van der Waals surface area contributed by atoms with E-state index in [1.807, 2.05) is 0 Å². The van der Waals surface area contributed by atoms with Crippen LogP contribution in [0.25, 0.3) is 0 Å². The quantitative estimate of drug-likeness (QED) is 0.891. The van der Waals surface area contributed by atoms with Crippen LogP contribution in [-0.4, -0.2) is 15.0 Å². The minimum atomic E-state index is -0.431. The lowest BCUT2D eigenvalue weighted by Crippen LogP contribution is -2.17. The second-order valence-corrected chi connectivity index (χ2v) is 5.14. The molecule has 1 heterocycles. The summed E-state index contributed by atoms with van der Waals surface area (Å²) >= 11 is 6.59. The molecule has 90 valence electrons. The molecule has 0 fully saturated rings. The molecule has 0 radical (unpaired) electrons. The minimum Gasteiger partial charge on any atom is -0.319 e. The lowest BCUT2D eigenvalue weighted by Gasteiger charge is -2.14.